The van der Waals surface area contributed by atoms with Gasteiger partial charge in [0.1, 0.15) is 0 Å². The summed E-state index contributed by atoms with van der Waals surface area (Å²) in [6.45, 7) is -0.223. The van der Waals surface area contributed by atoms with Gasteiger partial charge in [-0.05, 0) is 141 Å². The van der Waals surface area contributed by atoms with Crippen molar-refractivity contribution in [1.29, 1.82) is 0 Å². The van der Waals surface area contributed by atoms with Crippen molar-refractivity contribution < 1.29 is 4.74 Å². The van der Waals surface area contributed by atoms with Crippen molar-refractivity contribution in [3.05, 3.63) is 388 Å². The van der Waals surface area contributed by atoms with Gasteiger partial charge in [-0.15, -0.1) is 0 Å². The van der Waals surface area contributed by atoms with E-state index in [0.717, 1.165) is 84.9 Å². The second-order valence-electron chi connectivity index (χ2n) is 25.4. The Hall–Kier alpha value is -12.0. The zero-order valence-corrected chi connectivity index (χ0v) is 55.3. The summed E-state index contributed by atoms with van der Waals surface area (Å²) in [5.74, 6) is 1.59. The molecule has 0 spiro atoms. The van der Waals surface area contributed by atoms with Crippen molar-refractivity contribution in [1.82, 2.24) is 0 Å². The first-order chi connectivity index (χ1) is 48.1. The molecule has 3 aliphatic rings. The molecule has 0 aromatic heterocycles. The minimum Gasteiger partial charge on any atom is -0.453 e. The van der Waals surface area contributed by atoms with Gasteiger partial charge < -0.3 is 19.4 Å². The molecule has 0 aliphatic carbocycles. The molecule has 15 aromatic rings. The molecule has 0 unspecified atom stereocenters. The third kappa shape index (κ3) is 9.41. The SMILES string of the molecule is c1ccc(-c2ccc3c(c2)N(c2ccccc2-c2ccccc2)c2cc(N4c5ccccc5Oc5ccccc54)cc4c2B3c2ccc([Si](c3ccccc3)(c3ccccc3)c3ccccc3)cc2N4c2cccc([Si](c3ccccc3)(c3ccccc3)c3ccccc3)c2)cc1. The number of benzene rings is 15. The number of para-hydroxylation sites is 5. The molecule has 0 fully saturated rings. The highest BCUT2D eigenvalue weighted by Gasteiger charge is 2.49. The van der Waals surface area contributed by atoms with Gasteiger partial charge in [-0.1, -0.05) is 322 Å². The average molecular weight is 1270 g/mol. The van der Waals surface area contributed by atoms with E-state index in [2.05, 4.69) is 403 Å². The highest BCUT2D eigenvalue weighted by Crippen LogP contribution is 2.54. The van der Waals surface area contributed by atoms with Crippen LogP contribution in [0.3, 0.4) is 0 Å². The Kier molecular flexibility index (Phi) is 14.3. The van der Waals surface area contributed by atoms with Crippen LogP contribution in [0.2, 0.25) is 0 Å². The largest absolute Gasteiger partial charge is 0.453 e. The molecule has 0 radical (unpaired) electrons. The predicted molar refractivity (Wildman–Crippen MR) is 413 cm³/mol. The van der Waals surface area contributed by atoms with E-state index in [-0.39, 0.29) is 6.71 Å². The molecule has 0 saturated carbocycles. The third-order valence-electron chi connectivity index (χ3n) is 20.3. The number of hydrogen-bond donors (Lipinski definition) is 0. The van der Waals surface area contributed by atoms with Gasteiger partial charge in [0, 0.05) is 34.0 Å². The van der Waals surface area contributed by atoms with Crippen LogP contribution in [0.15, 0.2) is 388 Å². The Morgan fingerprint density at radius 2 is 0.588 bits per heavy atom. The third-order valence-corrected chi connectivity index (χ3v) is 29.8. The van der Waals surface area contributed by atoms with E-state index < -0.39 is 16.1 Å². The lowest BCUT2D eigenvalue weighted by Gasteiger charge is -2.46. The molecule has 0 atom stereocenters. The molecule has 15 aromatic carbocycles. The number of fused-ring (bicyclic) bond motifs is 6. The molecule has 7 heteroatoms. The van der Waals surface area contributed by atoms with Crippen LogP contribution in [-0.2, 0) is 0 Å². The van der Waals surface area contributed by atoms with Crippen LogP contribution in [0.25, 0.3) is 22.3 Å². The van der Waals surface area contributed by atoms with Crippen LogP contribution in [0, 0.1) is 0 Å². The second kappa shape index (κ2) is 24.1. The molecular formula is C90H64BN3OSi2. The minimum atomic E-state index is -3.16. The normalized spacial score (nSPS) is 12.7. The lowest BCUT2D eigenvalue weighted by atomic mass is 9.33. The molecule has 456 valence electrons. The van der Waals surface area contributed by atoms with Gasteiger partial charge in [0.2, 0.25) is 0 Å². The highest BCUT2D eigenvalue weighted by atomic mass is 28.3. The fourth-order valence-corrected chi connectivity index (χ4v) is 25.8. The summed E-state index contributed by atoms with van der Waals surface area (Å²) < 4.78 is 6.87. The maximum absolute atomic E-state index is 6.87. The van der Waals surface area contributed by atoms with Crippen LogP contribution in [-0.4, -0.2) is 22.9 Å². The Bertz CT molecular complexity index is 5160. The van der Waals surface area contributed by atoms with Crippen LogP contribution >= 0.6 is 0 Å². The Labute approximate surface area is 569 Å². The molecule has 4 nitrogen and oxygen atoms in total. The van der Waals surface area contributed by atoms with Gasteiger partial charge in [0.05, 0.1) is 22.7 Å². The Balaban J connectivity index is 1.00. The van der Waals surface area contributed by atoms with Crippen molar-refractivity contribution in [2.45, 2.75) is 0 Å². The molecule has 3 aliphatic heterocycles. The first kappa shape index (κ1) is 57.6. The monoisotopic (exact) mass is 1270 g/mol. The maximum atomic E-state index is 6.87. The van der Waals surface area contributed by atoms with Gasteiger partial charge in [0.15, 0.2) is 27.6 Å². The van der Waals surface area contributed by atoms with Crippen molar-refractivity contribution >= 4 is 132 Å². The Morgan fingerprint density at radius 3 is 1.08 bits per heavy atom. The summed E-state index contributed by atoms with van der Waals surface area (Å²) in [6, 6.07) is 146. The first-order valence-corrected chi connectivity index (χ1v) is 37.5. The number of rotatable bonds is 13. The van der Waals surface area contributed by atoms with E-state index in [9.17, 15) is 0 Å². The minimum absolute atomic E-state index is 0.223. The predicted octanol–water partition coefficient (Wildman–Crippen LogP) is 15.4. The quantitative estimate of drug-likeness (QED) is 0.0846. The van der Waals surface area contributed by atoms with E-state index in [1.54, 1.807) is 0 Å². The smallest absolute Gasteiger partial charge is 0.252 e. The summed E-state index contributed by atoms with van der Waals surface area (Å²) in [6.07, 6.45) is 0. The van der Waals surface area contributed by atoms with Gasteiger partial charge in [-0.3, -0.25) is 0 Å². The van der Waals surface area contributed by atoms with Crippen LogP contribution in [0.5, 0.6) is 11.5 Å². The van der Waals surface area contributed by atoms with Crippen LogP contribution in [0.4, 0.5) is 51.2 Å². The average Bonchev–Trinajstić information content (AvgIpc) is 0.690. The van der Waals surface area contributed by atoms with Crippen LogP contribution < -0.4 is 77.3 Å². The molecular weight excluding hydrogens is 1210 g/mol. The van der Waals surface area contributed by atoms with Gasteiger partial charge in [0.25, 0.3) is 6.71 Å². The first-order valence-electron chi connectivity index (χ1n) is 33.5. The van der Waals surface area contributed by atoms with Gasteiger partial charge in [-0.2, -0.15) is 0 Å². The Morgan fingerprint density at radius 1 is 0.216 bits per heavy atom. The van der Waals surface area contributed by atoms with Crippen LogP contribution in [0.1, 0.15) is 0 Å². The second-order valence-corrected chi connectivity index (χ2v) is 33.0. The highest BCUT2D eigenvalue weighted by molar-refractivity contribution is 7.20. The zero-order valence-electron chi connectivity index (χ0n) is 53.3. The summed E-state index contributed by atoms with van der Waals surface area (Å²) in [5.41, 5.74) is 17.8. The summed E-state index contributed by atoms with van der Waals surface area (Å²) in [7, 11) is -6.27. The standard InChI is InChI=1S/C90H64BN3OSi2/c1-9-32-65(33-10-1)67-56-58-79-84(60-67)94(81-51-26-25-50-78(81)66-34-11-2-12-35-66)87-63-69(93-82-52-27-29-54-88(82)95-89-55-30-28-53-83(89)93)62-86-90(87)91(79)80-59-57-77(97(73-43-19-6-20-44-73,74-45-21-7-22-46-74)75-47-23-8-24-48-75)64-85(80)92(86)68-36-31-49-76(61-68)96(70-37-13-3-14-38-70,71-39-15-4-16-40-71)72-41-17-5-18-42-72/h1-64H. The zero-order chi connectivity index (χ0) is 64.3. The lowest BCUT2D eigenvalue weighted by Crippen LogP contribution is -2.75. The summed E-state index contributed by atoms with van der Waals surface area (Å²) in [5, 5.41) is 10.5. The van der Waals surface area contributed by atoms with Crippen molar-refractivity contribution in [3.63, 3.8) is 0 Å². The number of anilines is 9. The van der Waals surface area contributed by atoms with E-state index in [4.69, 9.17) is 4.74 Å². The summed E-state index contributed by atoms with van der Waals surface area (Å²) in [4.78, 5) is 7.71. The van der Waals surface area contributed by atoms with E-state index in [0.29, 0.717) is 0 Å². The van der Waals surface area contributed by atoms with Crippen molar-refractivity contribution in [2.75, 3.05) is 14.7 Å². The summed E-state index contributed by atoms with van der Waals surface area (Å²) >= 11 is 0. The molecule has 0 N–H and O–H groups in total. The fourth-order valence-electron chi connectivity index (χ4n) is 16.2. The van der Waals surface area contributed by atoms with Crippen molar-refractivity contribution in [3.8, 4) is 33.8 Å². The number of hydrogen-bond acceptors (Lipinski definition) is 4. The van der Waals surface area contributed by atoms with Gasteiger partial charge in [-0.25, -0.2) is 0 Å². The number of nitrogens with zero attached hydrogens (tertiary/aromatic N) is 3. The molecule has 97 heavy (non-hydrogen) atoms. The lowest BCUT2D eigenvalue weighted by molar-refractivity contribution is 0.477. The topological polar surface area (TPSA) is 19.0 Å². The molecule has 18 rings (SSSR count). The van der Waals surface area contributed by atoms with E-state index >= 15 is 0 Å². The van der Waals surface area contributed by atoms with E-state index in [1.165, 1.54) is 57.9 Å². The molecule has 3 heterocycles. The fraction of sp³-hybridized carbons (Fsp3) is 0. The number of ether oxygens (including phenoxy) is 1. The molecule has 0 saturated heterocycles. The van der Waals surface area contributed by atoms with E-state index in [1.807, 2.05) is 0 Å². The van der Waals surface area contributed by atoms with Gasteiger partial charge >= 0.3 is 0 Å². The maximum Gasteiger partial charge on any atom is 0.252 e. The molecule has 0 amide bonds. The van der Waals surface area contributed by atoms with Crippen molar-refractivity contribution in [2.24, 2.45) is 0 Å². The molecule has 0 bridgehead atoms.